The third kappa shape index (κ3) is 6.72. The van der Waals surface area contributed by atoms with Crippen molar-refractivity contribution in [2.45, 2.75) is 44.7 Å². The lowest BCUT2D eigenvalue weighted by molar-refractivity contribution is 0.174. The van der Waals surface area contributed by atoms with E-state index >= 15 is 0 Å². The average Bonchev–Trinajstić information content (AvgIpc) is 3.14. The van der Waals surface area contributed by atoms with Gasteiger partial charge >= 0.3 is 0 Å². The van der Waals surface area contributed by atoms with Gasteiger partial charge in [0.2, 0.25) is 16.8 Å². The van der Waals surface area contributed by atoms with E-state index in [1.165, 1.54) is 13.0 Å². The number of nitrogens with zero attached hydrogens (tertiary/aromatic N) is 1. The van der Waals surface area contributed by atoms with Crippen molar-refractivity contribution in [1.29, 1.82) is 0 Å². The second-order valence-corrected chi connectivity index (χ2v) is 11.0. The molecule has 0 amide bonds. The molecular weight excluding hydrogens is 488 g/mol. The summed E-state index contributed by atoms with van der Waals surface area (Å²) in [5, 5.41) is -0.636. The van der Waals surface area contributed by atoms with Crippen LogP contribution in [0.3, 0.4) is 0 Å². The molecule has 2 heterocycles. The van der Waals surface area contributed by atoms with Crippen molar-refractivity contribution in [3.63, 3.8) is 0 Å². The van der Waals surface area contributed by atoms with Gasteiger partial charge in [0, 0.05) is 31.4 Å². The summed E-state index contributed by atoms with van der Waals surface area (Å²) in [6.45, 7) is 5.58. The molecule has 4 rings (SSSR count). The van der Waals surface area contributed by atoms with Crippen LogP contribution in [0.25, 0.3) is 0 Å². The number of allylic oxidation sites excluding steroid dienone is 1. The zero-order chi connectivity index (χ0) is 24.8. The van der Waals surface area contributed by atoms with Crippen LogP contribution in [0.15, 0.2) is 65.6 Å². The van der Waals surface area contributed by atoms with Crippen molar-refractivity contribution in [3.8, 4) is 17.2 Å². The predicted octanol–water partition coefficient (Wildman–Crippen LogP) is 4.97. The fourth-order valence-electron chi connectivity index (χ4n) is 3.89. The summed E-state index contributed by atoms with van der Waals surface area (Å²) in [5.74, 6) is 1.96. The van der Waals surface area contributed by atoms with Gasteiger partial charge in [-0.3, -0.25) is 0 Å². The van der Waals surface area contributed by atoms with Crippen LogP contribution < -0.4 is 23.8 Å². The molecule has 7 nitrogen and oxygen atoms in total. The van der Waals surface area contributed by atoms with Gasteiger partial charge in [-0.15, -0.1) is 11.6 Å². The number of halogens is 1. The number of ether oxygens (including phenoxy) is 3. The lowest BCUT2D eigenvalue weighted by Crippen LogP contribution is -2.27. The Hall–Kier alpha value is -2.68. The monoisotopic (exact) mass is 518 g/mol. The van der Waals surface area contributed by atoms with Gasteiger partial charge in [0.1, 0.15) is 11.9 Å². The van der Waals surface area contributed by atoms with Gasteiger partial charge in [0.15, 0.2) is 11.5 Å². The molecule has 0 saturated heterocycles. The van der Waals surface area contributed by atoms with Crippen molar-refractivity contribution >= 4 is 27.3 Å². The van der Waals surface area contributed by atoms with Crippen LogP contribution >= 0.6 is 11.6 Å². The minimum atomic E-state index is -3.71. The standard InChI is InChI=1S/C26H31ClN2O5S/c1-19(35(30,31)28-17-21-10-11-25-26(15-21)33-18-32-25)14-24(27)20(2)34-23-9-7-8-22(16-23)29-12-5-3-4-6-13-29/h3-4,7-11,14-16,20,24,28H,5-6,12-13,17-18H2,1-2H3/b19-14+. The largest absolute Gasteiger partial charge is 0.489 e. The van der Waals surface area contributed by atoms with Gasteiger partial charge in [0.25, 0.3) is 0 Å². The Labute approximate surface area is 212 Å². The van der Waals surface area contributed by atoms with E-state index in [0.717, 1.165) is 37.2 Å². The van der Waals surface area contributed by atoms with Crippen LogP contribution in [0.4, 0.5) is 5.69 Å². The number of hydrogen-bond donors (Lipinski definition) is 1. The molecule has 2 atom stereocenters. The molecule has 0 bridgehead atoms. The van der Waals surface area contributed by atoms with E-state index in [1.807, 2.05) is 25.1 Å². The summed E-state index contributed by atoms with van der Waals surface area (Å²) in [4.78, 5) is 2.47. The molecule has 188 valence electrons. The number of benzene rings is 2. The van der Waals surface area contributed by atoms with E-state index in [2.05, 4.69) is 27.8 Å². The van der Waals surface area contributed by atoms with Gasteiger partial charge in [-0.05, 0) is 62.6 Å². The highest BCUT2D eigenvalue weighted by atomic mass is 35.5. The summed E-state index contributed by atoms with van der Waals surface area (Å²) in [6, 6.07) is 13.3. The van der Waals surface area contributed by atoms with Crippen molar-refractivity contribution in [3.05, 3.63) is 71.2 Å². The van der Waals surface area contributed by atoms with E-state index in [1.54, 1.807) is 18.2 Å². The number of nitrogens with one attached hydrogen (secondary N) is 1. The lowest BCUT2D eigenvalue weighted by Gasteiger charge is -2.24. The third-order valence-corrected chi connectivity index (χ3v) is 7.96. The molecule has 9 heteroatoms. The maximum Gasteiger partial charge on any atom is 0.236 e. The van der Waals surface area contributed by atoms with Gasteiger partial charge in [0.05, 0.1) is 10.3 Å². The van der Waals surface area contributed by atoms with Crippen LogP contribution in [-0.2, 0) is 16.6 Å². The highest BCUT2D eigenvalue weighted by molar-refractivity contribution is 7.93. The van der Waals surface area contributed by atoms with E-state index in [4.69, 9.17) is 25.8 Å². The van der Waals surface area contributed by atoms with E-state index < -0.39 is 21.5 Å². The van der Waals surface area contributed by atoms with Crippen molar-refractivity contribution < 1.29 is 22.6 Å². The Morgan fingerprint density at radius 2 is 1.89 bits per heavy atom. The molecule has 2 aromatic carbocycles. The average molecular weight is 519 g/mol. The number of rotatable bonds is 9. The fourth-order valence-corrected chi connectivity index (χ4v) is 5.12. The zero-order valence-electron chi connectivity index (χ0n) is 19.9. The van der Waals surface area contributed by atoms with Crippen LogP contribution in [0, 0.1) is 0 Å². The molecule has 0 aliphatic carbocycles. The number of anilines is 1. The van der Waals surface area contributed by atoms with Gasteiger partial charge in [-0.25, -0.2) is 13.1 Å². The van der Waals surface area contributed by atoms with E-state index in [9.17, 15) is 8.42 Å². The summed E-state index contributed by atoms with van der Waals surface area (Å²) < 4.78 is 44.8. The normalized spacial score (nSPS) is 17.7. The minimum absolute atomic E-state index is 0.127. The fraction of sp³-hybridized carbons (Fsp3) is 0.385. The topological polar surface area (TPSA) is 77.1 Å². The first-order valence-corrected chi connectivity index (χ1v) is 13.6. The maximum atomic E-state index is 12.8. The molecule has 0 saturated carbocycles. The number of sulfonamides is 1. The number of alkyl halides is 1. The summed E-state index contributed by atoms with van der Waals surface area (Å²) in [7, 11) is -3.71. The highest BCUT2D eigenvalue weighted by Gasteiger charge is 2.20. The van der Waals surface area contributed by atoms with Crippen LogP contribution in [-0.4, -0.2) is 39.8 Å². The molecule has 35 heavy (non-hydrogen) atoms. The first-order valence-electron chi connectivity index (χ1n) is 11.7. The first kappa shape index (κ1) is 25.4. The molecule has 0 spiro atoms. The predicted molar refractivity (Wildman–Crippen MR) is 139 cm³/mol. The molecule has 2 aliphatic heterocycles. The Morgan fingerprint density at radius 3 is 2.66 bits per heavy atom. The molecule has 2 aliphatic rings. The van der Waals surface area contributed by atoms with Crippen LogP contribution in [0.1, 0.15) is 32.3 Å². The Bertz CT molecular complexity index is 1190. The van der Waals surface area contributed by atoms with E-state index in [0.29, 0.717) is 17.2 Å². The molecule has 2 unspecified atom stereocenters. The smallest absolute Gasteiger partial charge is 0.236 e. The maximum absolute atomic E-state index is 12.8. The molecule has 0 radical (unpaired) electrons. The Balaban J connectivity index is 1.35. The molecule has 0 fully saturated rings. The lowest BCUT2D eigenvalue weighted by atomic mass is 10.2. The minimum Gasteiger partial charge on any atom is -0.489 e. The number of fused-ring (bicyclic) bond motifs is 1. The van der Waals surface area contributed by atoms with Crippen molar-refractivity contribution in [2.24, 2.45) is 0 Å². The zero-order valence-corrected chi connectivity index (χ0v) is 21.5. The second-order valence-electron chi connectivity index (χ2n) is 8.59. The summed E-state index contributed by atoms with van der Waals surface area (Å²) in [5.41, 5.74) is 1.87. The summed E-state index contributed by atoms with van der Waals surface area (Å²) >= 11 is 6.53. The Morgan fingerprint density at radius 1 is 1.14 bits per heavy atom. The first-order chi connectivity index (χ1) is 16.8. The highest BCUT2D eigenvalue weighted by Crippen LogP contribution is 2.32. The van der Waals surface area contributed by atoms with E-state index in [-0.39, 0.29) is 18.2 Å². The molecule has 0 aromatic heterocycles. The number of hydrogen-bond acceptors (Lipinski definition) is 6. The van der Waals surface area contributed by atoms with Crippen LogP contribution in [0.5, 0.6) is 17.2 Å². The molecular formula is C26H31ClN2O5S. The quantitative estimate of drug-likeness (QED) is 0.373. The Kier molecular flexibility index (Phi) is 8.26. The SMILES string of the molecule is C/C(=C\C(Cl)C(C)Oc1cccc(N2CCC=CCC2)c1)S(=O)(=O)NCc1ccc2c(c1)OCO2. The third-order valence-electron chi connectivity index (χ3n) is 5.97. The van der Waals surface area contributed by atoms with Crippen LogP contribution in [0.2, 0.25) is 0 Å². The van der Waals surface area contributed by atoms with Gasteiger partial charge < -0.3 is 19.1 Å². The molecule has 2 aromatic rings. The van der Waals surface area contributed by atoms with Gasteiger partial charge in [-0.2, -0.15) is 0 Å². The summed E-state index contributed by atoms with van der Waals surface area (Å²) in [6.07, 6.45) is 7.55. The van der Waals surface area contributed by atoms with Gasteiger partial charge in [-0.1, -0.05) is 24.3 Å². The second kappa shape index (κ2) is 11.4. The van der Waals surface area contributed by atoms with Crippen molar-refractivity contribution in [2.75, 3.05) is 24.8 Å². The van der Waals surface area contributed by atoms with Crippen molar-refractivity contribution in [1.82, 2.24) is 4.72 Å². The molecule has 1 N–H and O–H groups in total.